The Balaban J connectivity index is 2.67. The molecule has 0 saturated carbocycles. The third-order valence-electron chi connectivity index (χ3n) is 2.85. The van der Waals surface area contributed by atoms with Crippen LogP contribution in [0.3, 0.4) is 0 Å². The highest BCUT2D eigenvalue weighted by Crippen LogP contribution is 2.16. The van der Waals surface area contributed by atoms with Crippen LogP contribution >= 0.6 is 0 Å². The predicted octanol–water partition coefficient (Wildman–Crippen LogP) is 2.13. The van der Waals surface area contributed by atoms with Crippen molar-refractivity contribution in [1.29, 1.82) is 0 Å². The van der Waals surface area contributed by atoms with Crippen LogP contribution < -0.4 is 10.6 Å². The van der Waals surface area contributed by atoms with Crippen molar-refractivity contribution < 1.29 is 5.11 Å². The molecule has 96 valence electrons. The van der Waals surface area contributed by atoms with Crippen LogP contribution in [0.25, 0.3) is 0 Å². The van der Waals surface area contributed by atoms with Gasteiger partial charge in [0.25, 0.3) is 0 Å². The molecule has 3 N–H and O–H groups in total. The molecule has 0 amide bonds. The summed E-state index contributed by atoms with van der Waals surface area (Å²) in [7, 11) is 0. The molecule has 0 fully saturated rings. The summed E-state index contributed by atoms with van der Waals surface area (Å²) in [6.07, 6.45) is 1.68. The van der Waals surface area contributed by atoms with Gasteiger partial charge in [0.2, 0.25) is 0 Å². The highest BCUT2D eigenvalue weighted by Gasteiger charge is 2.06. The van der Waals surface area contributed by atoms with E-state index in [1.165, 1.54) is 5.69 Å². The molecule has 0 spiro atoms. The van der Waals surface area contributed by atoms with Gasteiger partial charge in [-0.05, 0) is 37.5 Å². The first-order valence-electron chi connectivity index (χ1n) is 6.39. The average molecular weight is 236 g/mol. The molecule has 1 unspecified atom stereocenters. The fourth-order valence-electron chi connectivity index (χ4n) is 1.83. The maximum Gasteiger partial charge on any atom is 0.0528 e. The molecule has 1 aromatic rings. The minimum absolute atomic E-state index is 0.238. The third-order valence-corrected chi connectivity index (χ3v) is 2.85. The molecule has 0 saturated heterocycles. The Kier molecular flexibility index (Phi) is 6.01. The van der Waals surface area contributed by atoms with Gasteiger partial charge in [-0.2, -0.15) is 0 Å². The highest BCUT2D eigenvalue weighted by molar-refractivity contribution is 5.47. The summed E-state index contributed by atoms with van der Waals surface area (Å²) >= 11 is 0. The van der Waals surface area contributed by atoms with Crippen molar-refractivity contribution in [3.05, 3.63) is 29.8 Å². The number of rotatable bonds is 7. The molecule has 0 radical (unpaired) electrons. The van der Waals surface area contributed by atoms with Crippen molar-refractivity contribution in [2.45, 2.75) is 39.3 Å². The predicted molar refractivity (Wildman–Crippen MR) is 73.1 cm³/mol. The Morgan fingerprint density at radius 3 is 2.35 bits per heavy atom. The van der Waals surface area contributed by atoms with Gasteiger partial charge in [0.15, 0.2) is 0 Å². The smallest absolute Gasteiger partial charge is 0.0528 e. The first-order chi connectivity index (χ1) is 8.17. The monoisotopic (exact) mass is 236 g/mol. The van der Waals surface area contributed by atoms with E-state index in [0.29, 0.717) is 6.54 Å². The van der Waals surface area contributed by atoms with Crippen LogP contribution in [0.15, 0.2) is 24.3 Å². The van der Waals surface area contributed by atoms with Gasteiger partial charge in [-0.15, -0.1) is 0 Å². The number of hydrogen-bond donors (Lipinski definition) is 2. The van der Waals surface area contributed by atoms with Crippen molar-refractivity contribution >= 4 is 5.69 Å². The van der Waals surface area contributed by atoms with Gasteiger partial charge in [-0.1, -0.05) is 19.1 Å². The Labute approximate surface area is 104 Å². The molecule has 0 aliphatic rings. The SMILES string of the molecule is CCCN(CCC(C)O)c1ccc(CN)cc1. The number of nitrogens with zero attached hydrogens (tertiary/aromatic N) is 1. The van der Waals surface area contributed by atoms with Crippen molar-refractivity contribution in [1.82, 2.24) is 0 Å². The largest absolute Gasteiger partial charge is 0.393 e. The second-order valence-electron chi connectivity index (χ2n) is 4.50. The van der Waals surface area contributed by atoms with Gasteiger partial charge < -0.3 is 15.7 Å². The highest BCUT2D eigenvalue weighted by atomic mass is 16.3. The second kappa shape index (κ2) is 7.30. The van der Waals surface area contributed by atoms with Gasteiger partial charge in [0.05, 0.1) is 6.10 Å². The third kappa shape index (κ3) is 4.75. The van der Waals surface area contributed by atoms with Gasteiger partial charge in [-0.3, -0.25) is 0 Å². The summed E-state index contributed by atoms with van der Waals surface area (Å²) < 4.78 is 0. The van der Waals surface area contributed by atoms with E-state index in [1.807, 2.05) is 6.92 Å². The molecule has 1 rings (SSSR count). The molecule has 17 heavy (non-hydrogen) atoms. The van der Waals surface area contributed by atoms with E-state index >= 15 is 0 Å². The number of aliphatic hydroxyl groups excluding tert-OH is 1. The quantitative estimate of drug-likeness (QED) is 0.762. The lowest BCUT2D eigenvalue weighted by molar-refractivity contribution is 0.186. The molecular formula is C14H24N2O. The number of hydrogen-bond acceptors (Lipinski definition) is 3. The topological polar surface area (TPSA) is 49.5 Å². The van der Waals surface area contributed by atoms with Crippen LogP contribution in [0.4, 0.5) is 5.69 Å². The van der Waals surface area contributed by atoms with Crippen molar-refractivity contribution in [2.75, 3.05) is 18.0 Å². The van der Waals surface area contributed by atoms with E-state index in [-0.39, 0.29) is 6.10 Å². The zero-order chi connectivity index (χ0) is 12.7. The van der Waals surface area contributed by atoms with Gasteiger partial charge in [-0.25, -0.2) is 0 Å². The molecule has 3 heteroatoms. The number of aliphatic hydroxyl groups is 1. The van der Waals surface area contributed by atoms with E-state index in [4.69, 9.17) is 5.73 Å². The Bertz CT molecular complexity index is 309. The Morgan fingerprint density at radius 1 is 1.24 bits per heavy atom. The summed E-state index contributed by atoms with van der Waals surface area (Å²) in [5, 5.41) is 9.36. The molecule has 0 bridgehead atoms. The molecule has 3 nitrogen and oxygen atoms in total. The fraction of sp³-hybridized carbons (Fsp3) is 0.571. The van der Waals surface area contributed by atoms with Gasteiger partial charge >= 0.3 is 0 Å². The van der Waals surface area contributed by atoms with Crippen LogP contribution in [0.2, 0.25) is 0 Å². The van der Waals surface area contributed by atoms with E-state index < -0.39 is 0 Å². The van der Waals surface area contributed by atoms with Gasteiger partial charge in [0, 0.05) is 25.3 Å². The van der Waals surface area contributed by atoms with Gasteiger partial charge in [0.1, 0.15) is 0 Å². The van der Waals surface area contributed by atoms with Crippen molar-refractivity contribution in [3.63, 3.8) is 0 Å². The average Bonchev–Trinajstić information content (AvgIpc) is 2.34. The summed E-state index contributed by atoms with van der Waals surface area (Å²) in [4.78, 5) is 2.31. The minimum Gasteiger partial charge on any atom is -0.393 e. The normalized spacial score (nSPS) is 12.5. The van der Waals surface area contributed by atoms with Crippen molar-refractivity contribution in [3.8, 4) is 0 Å². The Hall–Kier alpha value is -1.06. The molecule has 0 aromatic heterocycles. The maximum absolute atomic E-state index is 9.36. The zero-order valence-electron chi connectivity index (χ0n) is 10.9. The standard InChI is InChI=1S/C14H24N2O/c1-3-9-16(10-8-12(2)17)14-6-4-13(11-15)5-7-14/h4-7,12,17H,3,8-11,15H2,1-2H3. The number of benzene rings is 1. The van der Waals surface area contributed by atoms with Crippen LogP contribution in [0, 0.1) is 0 Å². The van der Waals surface area contributed by atoms with E-state index in [9.17, 15) is 5.11 Å². The molecule has 1 aromatic carbocycles. The number of nitrogens with two attached hydrogens (primary N) is 1. The fourth-order valence-corrected chi connectivity index (χ4v) is 1.83. The lowest BCUT2D eigenvalue weighted by Crippen LogP contribution is -2.27. The van der Waals surface area contributed by atoms with Crippen LogP contribution in [-0.4, -0.2) is 24.3 Å². The maximum atomic E-state index is 9.36. The minimum atomic E-state index is -0.238. The van der Waals surface area contributed by atoms with E-state index in [1.54, 1.807) is 0 Å². The van der Waals surface area contributed by atoms with Crippen molar-refractivity contribution in [2.24, 2.45) is 5.73 Å². The molecule has 1 atom stereocenters. The van der Waals surface area contributed by atoms with E-state index in [2.05, 4.69) is 36.1 Å². The summed E-state index contributed by atoms with van der Waals surface area (Å²) in [6, 6.07) is 8.36. The molecular weight excluding hydrogens is 212 g/mol. The summed E-state index contributed by atoms with van der Waals surface area (Å²) in [5.74, 6) is 0. The van der Waals surface area contributed by atoms with Crippen LogP contribution in [-0.2, 0) is 6.54 Å². The molecule has 0 aliphatic heterocycles. The lowest BCUT2D eigenvalue weighted by atomic mass is 10.1. The van der Waals surface area contributed by atoms with E-state index in [0.717, 1.165) is 31.5 Å². The lowest BCUT2D eigenvalue weighted by Gasteiger charge is -2.25. The summed E-state index contributed by atoms with van der Waals surface area (Å²) in [5.41, 5.74) is 7.95. The number of anilines is 1. The molecule has 0 heterocycles. The Morgan fingerprint density at radius 2 is 1.88 bits per heavy atom. The molecule has 0 aliphatic carbocycles. The first-order valence-corrected chi connectivity index (χ1v) is 6.39. The summed E-state index contributed by atoms with van der Waals surface area (Å²) in [6.45, 7) is 6.51. The first kappa shape index (κ1) is 14.0. The van der Waals surface area contributed by atoms with Crippen LogP contribution in [0.1, 0.15) is 32.3 Å². The zero-order valence-corrected chi connectivity index (χ0v) is 10.9. The van der Waals surface area contributed by atoms with Crippen LogP contribution in [0.5, 0.6) is 0 Å². The second-order valence-corrected chi connectivity index (χ2v) is 4.50.